The maximum absolute atomic E-state index is 11.4. The monoisotopic (exact) mass is 213 g/mol. The molecule has 88 valence electrons. The van der Waals surface area contributed by atoms with Crippen LogP contribution in [0.25, 0.3) is 0 Å². The summed E-state index contributed by atoms with van der Waals surface area (Å²) in [5.74, 6) is 1.09. The first-order valence-electron chi connectivity index (χ1n) is 5.86. The second-order valence-corrected chi connectivity index (χ2v) is 4.86. The molecule has 2 atom stereocenters. The molecule has 0 heterocycles. The number of rotatable bonds is 4. The molecule has 0 spiro atoms. The Labute approximate surface area is 92.0 Å². The van der Waals surface area contributed by atoms with Crippen molar-refractivity contribution in [3.8, 4) is 0 Å². The molecule has 0 aliphatic heterocycles. The summed E-state index contributed by atoms with van der Waals surface area (Å²) in [7, 11) is 0. The highest BCUT2D eigenvalue weighted by molar-refractivity contribution is 5.74. The molecule has 4 N–H and O–H groups in total. The molecule has 1 aliphatic rings. The number of hydrogen-bond acceptors (Lipinski definition) is 2. The second kappa shape index (κ2) is 5.95. The minimum absolute atomic E-state index is 0.0358. The van der Waals surface area contributed by atoms with E-state index in [1.54, 1.807) is 0 Å². The lowest BCUT2D eigenvalue weighted by molar-refractivity contribution is 0.235. The van der Waals surface area contributed by atoms with Crippen molar-refractivity contribution in [1.82, 2.24) is 10.6 Å². The minimum atomic E-state index is -0.0358. The molecule has 1 fully saturated rings. The number of carbonyl (C=O) groups is 1. The van der Waals surface area contributed by atoms with Gasteiger partial charge in [-0.1, -0.05) is 13.8 Å². The van der Waals surface area contributed by atoms with Crippen LogP contribution in [0.3, 0.4) is 0 Å². The van der Waals surface area contributed by atoms with Crippen molar-refractivity contribution in [2.75, 3.05) is 13.1 Å². The third kappa shape index (κ3) is 4.51. The van der Waals surface area contributed by atoms with Crippen molar-refractivity contribution in [2.24, 2.45) is 17.6 Å². The van der Waals surface area contributed by atoms with Crippen molar-refractivity contribution in [2.45, 2.75) is 39.2 Å². The molecule has 4 heteroatoms. The molecule has 0 radical (unpaired) electrons. The van der Waals surface area contributed by atoms with Crippen LogP contribution < -0.4 is 16.4 Å². The highest BCUT2D eigenvalue weighted by atomic mass is 16.2. The third-order valence-corrected chi connectivity index (χ3v) is 2.88. The maximum Gasteiger partial charge on any atom is 0.315 e. The smallest absolute Gasteiger partial charge is 0.315 e. The predicted octanol–water partition coefficient (Wildman–Crippen LogP) is 1.07. The van der Waals surface area contributed by atoms with Crippen LogP contribution >= 0.6 is 0 Å². The van der Waals surface area contributed by atoms with Crippen molar-refractivity contribution in [1.29, 1.82) is 0 Å². The van der Waals surface area contributed by atoms with Crippen LogP contribution in [-0.4, -0.2) is 25.2 Å². The van der Waals surface area contributed by atoms with Gasteiger partial charge in [0.15, 0.2) is 0 Å². The number of hydrogen-bond donors (Lipinski definition) is 3. The van der Waals surface area contributed by atoms with E-state index in [0.717, 1.165) is 32.4 Å². The molecule has 1 aliphatic carbocycles. The van der Waals surface area contributed by atoms with Gasteiger partial charge in [-0.05, 0) is 37.6 Å². The Kier molecular flexibility index (Phi) is 4.88. The van der Waals surface area contributed by atoms with E-state index < -0.39 is 0 Å². The average molecular weight is 213 g/mol. The largest absolute Gasteiger partial charge is 0.338 e. The lowest BCUT2D eigenvalue weighted by Crippen LogP contribution is -2.42. The molecule has 1 saturated carbocycles. The van der Waals surface area contributed by atoms with Crippen molar-refractivity contribution in [3.63, 3.8) is 0 Å². The molecular formula is C11H23N3O. The number of carbonyl (C=O) groups excluding carboxylic acids is 1. The maximum atomic E-state index is 11.4. The Balaban J connectivity index is 2.16. The molecule has 0 unspecified atom stereocenters. The van der Waals surface area contributed by atoms with E-state index in [2.05, 4.69) is 24.5 Å². The van der Waals surface area contributed by atoms with Gasteiger partial charge in [0.2, 0.25) is 0 Å². The predicted molar refractivity (Wildman–Crippen MR) is 61.6 cm³/mol. The summed E-state index contributed by atoms with van der Waals surface area (Å²) in [6.07, 6.45) is 3.24. The van der Waals surface area contributed by atoms with Gasteiger partial charge in [-0.3, -0.25) is 0 Å². The van der Waals surface area contributed by atoms with Crippen LogP contribution in [0.2, 0.25) is 0 Å². The fraction of sp³-hybridized carbons (Fsp3) is 0.909. The molecule has 2 amide bonds. The van der Waals surface area contributed by atoms with Gasteiger partial charge < -0.3 is 16.4 Å². The Morgan fingerprint density at radius 2 is 2.20 bits per heavy atom. The third-order valence-electron chi connectivity index (χ3n) is 2.88. The SMILES string of the molecule is CC(C)CNC(=O)N[C@@H]1CC[C@H](CN)C1. The molecule has 15 heavy (non-hydrogen) atoms. The van der Waals surface area contributed by atoms with E-state index in [9.17, 15) is 4.79 Å². The normalized spacial score (nSPS) is 25.6. The number of nitrogens with two attached hydrogens (primary N) is 1. The quantitative estimate of drug-likeness (QED) is 0.654. The van der Waals surface area contributed by atoms with Gasteiger partial charge in [-0.15, -0.1) is 0 Å². The molecule has 1 rings (SSSR count). The summed E-state index contributed by atoms with van der Waals surface area (Å²) < 4.78 is 0. The first-order valence-corrected chi connectivity index (χ1v) is 5.86. The van der Waals surface area contributed by atoms with E-state index >= 15 is 0 Å². The molecule has 0 aromatic rings. The highest BCUT2D eigenvalue weighted by Gasteiger charge is 2.24. The second-order valence-electron chi connectivity index (χ2n) is 4.86. The van der Waals surface area contributed by atoms with E-state index in [1.165, 1.54) is 0 Å². The lowest BCUT2D eigenvalue weighted by Gasteiger charge is -2.14. The summed E-state index contributed by atoms with van der Waals surface area (Å²) in [6, 6.07) is 0.289. The highest BCUT2D eigenvalue weighted by Crippen LogP contribution is 2.24. The van der Waals surface area contributed by atoms with Crippen molar-refractivity contribution < 1.29 is 4.79 Å². The summed E-state index contributed by atoms with van der Waals surface area (Å²) in [5.41, 5.74) is 5.60. The average Bonchev–Trinajstić information content (AvgIpc) is 2.62. The van der Waals surface area contributed by atoms with Crippen LogP contribution in [-0.2, 0) is 0 Å². The van der Waals surface area contributed by atoms with Gasteiger partial charge >= 0.3 is 6.03 Å². The van der Waals surface area contributed by atoms with Gasteiger partial charge in [0.1, 0.15) is 0 Å². The fourth-order valence-corrected chi connectivity index (χ4v) is 1.95. The first kappa shape index (κ1) is 12.3. The zero-order valence-electron chi connectivity index (χ0n) is 9.75. The van der Waals surface area contributed by atoms with Crippen LogP contribution in [0.4, 0.5) is 4.79 Å². The van der Waals surface area contributed by atoms with Crippen LogP contribution in [0.5, 0.6) is 0 Å². The van der Waals surface area contributed by atoms with Crippen molar-refractivity contribution in [3.05, 3.63) is 0 Å². The van der Waals surface area contributed by atoms with E-state index in [4.69, 9.17) is 5.73 Å². The summed E-state index contributed by atoms with van der Waals surface area (Å²) >= 11 is 0. The van der Waals surface area contributed by atoms with Crippen LogP contribution in [0.15, 0.2) is 0 Å². The zero-order chi connectivity index (χ0) is 11.3. The fourth-order valence-electron chi connectivity index (χ4n) is 1.95. The molecular weight excluding hydrogens is 190 g/mol. The molecule has 0 bridgehead atoms. The van der Waals surface area contributed by atoms with E-state index in [-0.39, 0.29) is 6.03 Å². The molecule has 0 saturated heterocycles. The van der Waals surface area contributed by atoms with Gasteiger partial charge in [0, 0.05) is 12.6 Å². The van der Waals surface area contributed by atoms with Crippen LogP contribution in [0.1, 0.15) is 33.1 Å². The van der Waals surface area contributed by atoms with Gasteiger partial charge in [-0.25, -0.2) is 4.79 Å². The standard InChI is InChI=1S/C11H23N3O/c1-8(2)7-13-11(15)14-10-4-3-9(5-10)6-12/h8-10H,3-7,12H2,1-2H3,(H2,13,14,15)/t9-,10+/m0/s1. The summed E-state index contributed by atoms with van der Waals surface area (Å²) in [6.45, 7) is 5.64. The Bertz CT molecular complexity index is 206. The summed E-state index contributed by atoms with van der Waals surface area (Å²) in [4.78, 5) is 11.4. The lowest BCUT2D eigenvalue weighted by atomic mass is 10.1. The zero-order valence-corrected chi connectivity index (χ0v) is 9.75. The van der Waals surface area contributed by atoms with Crippen molar-refractivity contribution >= 4 is 6.03 Å². The van der Waals surface area contributed by atoms with Crippen LogP contribution in [0, 0.1) is 11.8 Å². The Hall–Kier alpha value is -0.770. The topological polar surface area (TPSA) is 67.2 Å². The van der Waals surface area contributed by atoms with Gasteiger partial charge in [0.25, 0.3) is 0 Å². The molecule has 4 nitrogen and oxygen atoms in total. The van der Waals surface area contributed by atoms with Gasteiger partial charge in [-0.2, -0.15) is 0 Å². The molecule has 0 aromatic heterocycles. The number of amides is 2. The summed E-state index contributed by atoms with van der Waals surface area (Å²) in [5, 5.41) is 5.85. The number of nitrogens with one attached hydrogen (secondary N) is 2. The molecule has 0 aromatic carbocycles. The van der Waals surface area contributed by atoms with E-state index in [0.29, 0.717) is 17.9 Å². The van der Waals surface area contributed by atoms with E-state index in [1.807, 2.05) is 0 Å². The Morgan fingerprint density at radius 1 is 1.47 bits per heavy atom. The first-order chi connectivity index (χ1) is 7.11. The minimum Gasteiger partial charge on any atom is -0.338 e. The van der Waals surface area contributed by atoms with Gasteiger partial charge in [0.05, 0.1) is 0 Å². The number of urea groups is 1. The Morgan fingerprint density at radius 3 is 2.73 bits per heavy atom.